The third kappa shape index (κ3) is 5.55. The summed E-state index contributed by atoms with van der Waals surface area (Å²) in [6.45, 7) is 4.24. The molecular weight excluding hydrogens is 338 g/mol. The predicted molar refractivity (Wildman–Crippen MR) is 108 cm³/mol. The van der Waals surface area contributed by atoms with Crippen molar-refractivity contribution in [3.05, 3.63) is 34.9 Å². The van der Waals surface area contributed by atoms with E-state index >= 15 is 0 Å². The second-order valence-electron chi connectivity index (χ2n) is 8.23. The van der Waals surface area contributed by atoms with Gasteiger partial charge in [-0.3, -0.25) is 10.1 Å². The van der Waals surface area contributed by atoms with Crippen molar-refractivity contribution in [1.82, 2.24) is 15.5 Å². The van der Waals surface area contributed by atoms with E-state index < -0.39 is 6.04 Å². The van der Waals surface area contributed by atoms with Crippen molar-refractivity contribution in [1.29, 1.82) is 0 Å². The van der Waals surface area contributed by atoms with Gasteiger partial charge >= 0.3 is 6.03 Å². The molecule has 0 bridgehead atoms. The molecule has 1 aliphatic carbocycles. The Morgan fingerprint density at radius 1 is 1.07 bits per heavy atom. The summed E-state index contributed by atoms with van der Waals surface area (Å²) in [5, 5.41) is 5.07. The van der Waals surface area contributed by atoms with E-state index in [1.807, 2.05) is 0 Å². The van der Waals surface area contributed by atoms with Crippen LogP contribution in [0.3, 0.4) is 0 Å². The monoisotopic (exact) mass is 371 g/mol. The molecule has 5 nitrogen and oxygen atoms in total. The molecule has 1 saturated heterocycles. The van der Waals surface area contributed by atoms with Gasteiger partial charge in [0.05, 0.1) is 0 Å². The Balaban J connectivity index is 1.78. The van der Waals surface area contributed by atoms with Gasteiger partial charge in [0.15, 0.2) is 0 Å². The molecule has 1 aliphatic heterocycles. The standard InChI is InChI=1S/C22H33N3O2/c1-3-4-10-25(2)15-17-11-16(14-20-21(26)24-22(27)23-20)12-19(13-17)18-8-6-5-7-9-18/h11-13,18,20H,3-10,14-15H2,1-2H3,(H2,23,24,26,27). The lowest BCUT2D eigenvalue weighted by Crippen LogP contribution is -2.31. The number of hydrogen-bond acceptors (Lipinski definition) is 3. The summed E-state index contributed by atoms with van der Waals surface area (Å²) in [5.74, 6) is 0.412. The summed E-state index contributed by atoms with van der Waals surface area (Å²) in [4.78, 5) is 25.8. The molecule has 1 heterocycles. The van der Waals surface area contributed by atoms with Gasteiger partial charge in [-0.25, -0.2) is 4.79 Å². The average Bonchev–Trinajstić information content (AvgIpc) is 2.97. The largest absolute Gasteiger partial charge is 0.326 e. The van der Waals surface area contributed by atoms with Crippen LogP contribution in [-0.4, -0.2) is 36.5 Å². The molecule has 5 heteroatoms. The van der Waals surface area contributed by atoms with Crippen molar-refractivity contribution < 1.29 is 9.59 Å². The van der Waals surface area contributed by atoms with Crippen LogP contribution in [0.4, 0.5) is 4.79 Å². The van der Waals surface area contributed by atoms with Gasteiger partial charge in [0.1, 0.15) is 6.04 Å². The Morgan fingerprint density at radius 2 is 1.81 bits per heavy atom. The van der Waals surface area contributed by atoms with Crippen LogP contribution >= 0.6 is 0 Å². The van der Waals surface area contributed by atoms with E-state index in [1.54, 1.807) is 0 Å². The smallest absolute Gasteiger partial charge is 0.322 e. The average molecular weight is 372 g/mol. The van der Waals surface area contributed by atoms with Crippen molar-refractivity contribution in [2.45, 2.75) is 76.8 Å². The first-order valence-corrected chi connectivity index (χ1v) is 10.5. The Hall–Kier alpha value is -1.88. The highest BCUT2D eigenvalue weighted by Crippen LogP contribution is 2.34. The Bertz CT molecular complexity index is 668. The van der Waals surface area contributed by atoms with Gasteiger partial charge in [-0.1, -0.05) is 50.8 Å². The van der Waals surface area contributed by atoms with Crippen molar-refractivity contribution >= 4 is 11.9 Å². The zero-order valence-electron chi connectivity index (χ0n) is 16.7. The topological polar surface area (TPSA) is 61.4 Å². The molecule has 1 unspecified atom stereocenters. The van der Waals surface area contributed by atoms with Gasteiger partial charge < -0.3 is 10.2 Å². The van der Waals surface area contributed by atoms with Gasteiger partial charge in [0.25, 0.3) is 5.91 Å². The fourth-order valence-corrected chi connectivity index (χ4v) is 4.33. The number of unbranched alkanes of at least 4 members (excludes halogenated alkanes) is 1. The van der Waals surface area contributed by atoms with Crippen molar-refractivity contribution in [3.63, 3.8) is 0 Å². The van der Waals surface area contributed by atoms with E-state index in [4.69, 9.17) is 0 Å². The second-order valence-corrected chi connectivity index (χ2v) is 8.23. The van der Waals surface area contributed by atoms with Crippen molar-refractivity contribution in [3.8, 4) is 0 Å². The highest BCUT2D eigenvalue weighted by atomic mass is 16.2. The summed E-state index contributed by atoms with van der Waals surface area (Å²) in [6, 6.07) is 6.02. The molecule has 2 fully saturated rings. The number of hydrogen-bond donors (Lipinski definition) is 2. The molecule has 0 radical (unpaired) electrons. The lowest BCUT2D eigenvalue weighted by Gasteiger charge is -2.24. The van der Waals surface area contributed by atoms with Crippen LogP contribution in [0, 0.1) is 0 Å². The third-order valence-electron chi connectivity index (χ3n) is 5.80. The van der Waals surface area contributed by atoms with Gasteiger partial charge in [-0.2, -0.15) is 0 Å². The summed E-state index contributed by atoms with van der Waals surface area (Å²) in [6.07, 6.45) is 9.45. The maximum Gasteiger partial charge on any atom is 0.322 e. The summed E-state index contributed by atoms with van der Waals surface area (Å²) in [5.41, 5.74) is 3.88. The maximum absolute atomic E-state index is 12.0. The first-order chi connectivity index (χ1) is 13.0. The van der Waals surface area contributed by atoms with Crippen molar-refractivity contribution in [2.24, 2.45) is 0 Å². The zero-order valence-corrected chi connectivity index (χ0v) is 16.7. The second kappa shape index (κ2) is 9.36. The minimum Gasteiger partial charge on any atom is -0.326 e. The molecule has 1 aromatic rings. The first-order valence-electron chi connectivity index (χ1n) is 10.5. The Morgan fingerprint density at radius 3 is 2.48 bits per heavy atom. The number of carbonyl (C=O) groups excluding carboxylic acids is 2. The van der Waals surface area contributed by atoms with Gasteiger partial charge in [-0.05, 0) is 55.5 Å². The van der Waals surface area contributed by atoms with Crippen LogP contribution in [0.1, 0.15) is 74.5 Å². The van der Waals surface area contributed by atoms with Crippen LogP contribution in [0.25, 0.3) is 0 Å². The molecule has 0 spiro atoms. The molecule has 1 saturated carbocycles. The van der Waals surface area contributed by atoms with Gasteiger partial charge in [0.2, 0.25) is 0 Å². The quantitative estimate of drug-likeness (QED) is 0.685. The highest BCUT2D eigenvalue weighted by molar-refractivity contribution is 6.04. The minimum atomic E-state index is -0.454. The number of benzene rings is 1. The van der Waals surface area contributed by atoms with Crippen LogP contribution < -0.4 is 10.6 Å². The Kier molecular flexibility index (Phi) is 6.89. The fraction of sp³-hybridized carbons (Fsp3) is 0.636. The van der Waals surface area contributed by atoms with E-state index in [1.165, 1.54) is 56.1 Å². The number of imide groups is 1. The van der Waals surface area contributed by atoms with Crippen LogP contribution in [0.5, 0.6) is 0 Å². The number of carbonyl (C=O) groups is 2. The molecule has 2 aliphatic rings. The van der Waals surface area contributed by atoms with E-state index in [2.05, 4.69) is 47.7 Å². The predicted octanol–water partition coefficient (Wildman–Crippen LogP) is 3.72. The number of nitrogens with one attached hydrogen (secondary N) is 2. The van der Waals surface area contributed by atoms with Gasteiger partial charge in [0, 0.05) is 13.0 Å². The van der Waals surface area contributed by atoms with Crippen molar-refractivity contribution in [2.75, 3.05) is 13.6 Å². The number of nitrogens with zero attached hydrogens (tertiary/aromatic N) is 1. The SMILES string of the molecule is CCCCN(C)Cc1cc(CC2NC(=O)NC2=O)cc(C2CCCCC2)c1. The van der Waals surface area contributed by atoms with E-state index in [0.717, 1.165) is 18.7 Å². The number of rotatable bonds is 8. The normalized spacial score (nSPS) is 20.8. The molecule has 0 aromatic heterocycles. The molecule has 3 amide bonds. The summed E-state index contributed by atoms with van der Waals surface area (Å²) < 4.78 is 0. The highest BCUT2D eigenvalue weighted by Gasteiger charge is 2.29. The summed E-state index contributed by atoms with van der Waals surface area (Å²) >= 11 is 0. The van der Waals surface area contributed by atoms with Gasteiger partial charge in [-0.15, -0.1) is 0 Å². The molecule has 3 rings (SSSR count). The molecular formula is C22H33N3O2. The lowest BCUT2D eigenvalue weighted by molar-refractivity contribution is -0.120. The zero-order chi connectivity index (χ0) is 19.2. The van der Waals surface area contributed by atoms with E-state index in [-0.39, 0.29) is 11.9 Å². The molecule has 148 valence electrons. The van der Waals surface area contributed by atoms with Crippen LogP contribution in [-0.2, 0) is 17.8 Å². The summed E-state index contributed by atoms with van der Waals surface area (Å²) in [7, 11) is 2.17. The minimum absolute atomic E-state index is 0.218. The number of amides is 3. The van der Waals surface area contributed by atoms with E-state index in [0.29, 0.717) is 12.3 Å². The molecule has 1 aromatic carbocycles. The van der Waals surface area contributed by atoms with Crippen LogP contribution in [0.15, 0.2) is 18.2 Å². The maximum atomic E-state index is 12.0. The fourth-order valence-electron chi connectivity index (χ4n) is 4.33. The molecule has 1 atom stereocenters. The third-order valence-corrected chi connectivity index (χ3v) is 5.80. The Labute approximate surface area is 162 Å². The molecule has 27 heavy (non-hydrogen) atoms. The van der Waals surface area contributed by atoms with E-state index in [9.17, 15) is 9.59 Å². The first kappa shape index (κ1) is 19.9. The lowest BCUT2D eigenvalue weighted by atomic mass is 9.82. The number of urea groups is 1. The molecule has 2 N–H and O–H groups in total. The van der Waals surface area contributed by atoms with Crippen LogP contribution in [0.2, 0.25) is 0 Å².